The molecule has 7 nitrogen and oxygen atoms in total. The fourth-order valence-corrected chi connectivity index (χ4v) is 7.15. The van der Waals surface area contributed by atoms with E-state index in [0.29, 0.717) is 22.7 Å². The van der Waals surface area contributed by atoms with E-state index in [1.165, 1.54) is 43.5 Å². The van der Waals surface area contributed by atoms with Crippen molar-refractivity contribution >= 4 is 15.6 Å². The first kappa shape index (κ1) is 45.4. The Morgan fingerprint density at radius 2 is 1.25 bits per heavy atom. The third-order valence-corrected chi connectivity index (χ3v) is 11.5. The number of piperidine rings is 1. The second-order valence-corrected chi connectivity index (χ2v) is 20.2. The Hall–Kier alpha value is -3.98. The molecule has 1 aliphatic heterocycles. The summed E-state index contributed by atoms with van der Waals surface area (Å²) < 4.78 is 35.2. The van der Waals surface area contributed by atoms with E-state index in [2.05, 4.69) is 49.9 Å². The number of hydrogen-bond donors (Lipinski definition) is 1. The second-order valence-electron chi connectivity index (χ2n) is 17.5. The third-order valence-electron chi connectivity index (χ3n) is 9.00. The molecule has 0 spiro atoms. The van der Waals surface area contributed by atoms with Crippen LogP contribution in [0.5, 0.6) is 17.2 Å². The zero-order chi connectivity index (χ0) is 40.7. The number of carbonyl (C=O) groups is 1. The van der Waals surface area contributed by atoms with E-state index in [9.17, 15) is 13.2 Å². The normalized spacial score (nSPS) is 13.8. The van der Waals surface area contributed by atoms with Crippen molar-refractivity contribution in [2.45, 2.75) is 104 Å². The molecule has 0 aromatic heterocycles. The van der Waals surface area contributed by atoms with Gasteiger partial charge in [-0.25, -0.2) is 8.42 Å². The lowest BCUT2D eigenvalue weighted by Crippen LogP contribution is -2.33. The Balaban J connectivity index is 0.000000226. The van der Waals surface area contributed by atoms with Crippen molar-refractivity contribution in [2.24, 2.45) is 16.6 Å². The van der Waals surface area contributed by atoms with Crippen molar-refractivity contribution in [2.75, 3.05) is 32.8 Å². The van der Waals surface area contributed by atoms with Crippen molar-refractivity contribution in [1.82, 2.24) is 4.90 Å². The van der Waals surface area contributed by atoms with Gasteiger partial charge in [-0.15, -0.1) is 0 Å². The molecule has 0 amide bonds. The second kappa shape index (κ2) is 20.8. The van der Waals surface area contributed by atoms with Gasteiger partial charge < -0.3 is 15.2 Å². The molecule has 1 saturated heterocycles. The van der Waals surface area contributed by atoms with Gasteiger partial charge in [-0.2, -0.15) is 0 Å². The lowest BCUT2D eigenvalue weighted by atomic mass is 9.86. The summed E-state index contributed by atoms with van der Waals surface area (Å²) in [6.45, 7) is 22.5. The smallest absolute Gasteiger partial charge is 0.183 e. The van der Waals surface area contributed by atoms with Crippen molar-refractivity contribution in [3.63, 3.8) is 0 Å². The highest BCUT2D eigenvalue weighted by Gasteiger charge is 2.30. The number of rotatable bonds is 11. The van der Waals surface area contributed by atoms with Crippen LogP contribution in [0.25, 0.3) is 0 Å². The number of hydrogen-bond acceptors (Lipinski definition) is 7. The van der Waals surface area contributed by atoms with Crippen LogP contribution >= 0.6 is 0 Å². The summed E-state index contributed by atoms with van der Waals surface area (Å²) in [4.78, 5) is 14.9. The molecule has 4 aromatic rings. The van der Waals surface area contributed by atoms with Crippen LogP contribution in [0.1, 0.15) is 103 Å². The van der Waals surface area contributed by atoms with E-state index >= 15 is 0 Å². The molecule has 1 fully saturated rings. The van der Waals surface area contributed by atoms with Crippen molar-refractivity contribution < 1.29 is 22.7 Å². The summed E-state index contributed by atoms with van der Waals surface area (Å²) >= 11 is 0. The zero-order valence-corrected chi connectivity index (χ0v) is 35.7. The minimum atomic E-state index is -3.32. The number of benzene rings is 4. The average Bonchev–Trinajstić information content (AvgIpc) is 3.12. The first-order chi connectivity index (χ1) is 25.8. The van der Waals surface area contributed by atoms with Gasteiger partial charge in [0, 0.05) is 17.5 Å². The monoisotopic (exact) mass is 770 g/mol. The van der Waals surface area contributed by atoms with Crippen LogP contribution in [0.4, 0.5) is 0 Å². The molecular weight excluding hydrogens is 705 g/mol. The van der Waals surface area contributed by atoms with Crippen molar-refractivity contribution in [3.05, 3.63) is 120 Å². The molecule has 0 atom stereocenters. The first-order valence-electron chi connectivity index (χ1n) is 19.6. The molecule has 2 N–H and O–H groups in total. The predicted molar refractivity (Wildman–Crippen MR) is 228 cm³/mol. The molecule has 1 aliphatic rings. The topological polar surface area (TPSA) is 98.9 Å². The lowest BCUT2D eigenvalue weighted by molar-refractivity contribution is 0.0858. The summed E-state index contributed by atoms with van der Waals surface area (Å²) in [6.07, 6.45) is 6.09. The standard InChI is InChI=1S/C18H27NO2.C16H18O3S.C13H21N/c1-18(2,3)17(20)15-7-9-16(10-8-15)21-14-13-19-11-5-4-6-12-19;1-16(2,3)20(17,18)15-11-9-14(10-12-15)19-13-7-5-4-6-8-13;1-13(2,3)10-12-6-4-5-11(9-12)7-8-14/h7-10H,4-6,11-14H2,1-3H3;4-12H,1-3H3;4-6,9H,7-8,10,14H2,1-3H3. The maximum atomic E-state index is 12.3. The van der Waals surface area contributed by atoms with Crippen molar-refractivity contribution in [1.29, 1.82) is 0 Å². The third kappa shape index (κ3) is 16.0. The maximum absolute atomic E-state index is 12.3. The summed E-state index contributed by atoms with van der Waals surface area (Å²) in [5.41, 5.74) is 9.09. The van der Waals surface area contributed by atoms with E-state index in [0.717, 1.165) is 43.0 Å². The van der Waals surface area contributed by atoms with E-state index in [-0.39, 0.29) is 11.2 Å². The summed E-state index contributed by atoms with van der Waals surface area (Å²) in [5, 5.41) is 0. The van der Waals surface area contributed by atoms with Gasteiger partial charge >= 0.3 is 0 Å². The van der Waals surface area contributed by atoms with Gasteiger partial charge in [-0.05, 0) is 143 Å². The first-order valence-corrected chi connectivity index (χ1v) is 21.1. The SMILES string of the molecule is CC(C)(C)C(=O)c1ccc(OCCN2CCCCC2)cc1.CC(C)(C)Cc1cccc(CCN)c1.CC(C)(C)S(=O)(=O)c1ccc(Oc2ccccc2)cc1. The highest BCUT2D eigenvalue weighted by molar-refractivity contribution is 7.92. The quantitative estimate of drug-likeness (QED) is 0.152. The fraction of sp³-hybridized carbons (Fsp3) is 0.468. The number of likely N-dealkylation sites (tertiary alicyclic amines) is 1. The number of nitrogens with two attached hydrogens (primary N) is 1. The zero-order valence-electron chi connectivity index (χ0n) is 34.9. The minimum Gasteiger partial charge on any atom is -0.492 e. The lowest BCUT2D eigenvalue weighted by Gasteiger charge is -2.26. The van der Waals surface area contributed by atoms with Crippen LogP contribution in [0, 0.1) is 10.8 Å². The van der Waals surface area contributed by atoms with Crippen LogP contribution < -0.4 is 15.2 Å². The Labute approximate surface area is 332 Å². The Bertz CT molecular complexity index is 1830. The Kier molecular flexibility index (Phi) is 17.2. The molecule has 55 heavy (non-hydrogen) atoms. The van der Waals surface area contributed by atoms with Gasteiger partial charge in [0.15, 0.2) is 15.6 Å². The number of nitrogens with zero attached hydrogens (tertiary/aromatic N) is 1. The number of sulfone groups is 1. The number of para-hydroxylation sites is 1. The van der Waals surface area contributed by atoms with Gasteiger partial charge in [0.1, 0.15) is 23.9 Å². The molecule has 0 radical (unpaired) electrons. The predicted octanol–water partition coefficient (Wildman–Crippen LogP) is 10.6. The van der Waals surface area contributed by atoms with E-state index in [4.69, 9.17) is 15.2 Å². The molecule has 0 unspecified atom stereocenters. The fourth-order valence-electron chi connectivity index (χ4n) is 5.95. The summed E-state index contributed by atoms with van der Waals surface area (Å²) in [7, 11) is -3.32. The van der Waals surface area contributed by atoms with E-state index in [1.54, 1.807) is 45.0 Å². The van der Waals surface area contributed by atoms with Crippen LogP contribution in [-0.2, 0) is 22.7 Å². The highest BCUT2D eigenvalue weighted by Crippen LogP contribution is 2.28. The molecule has 0 bridgehead atoms. The van der Waals surface area contributed by atoms with Crippen LogP contribution in [0.2, 0.25) is 0 Å². The molecule has 4 aromatic carbocycles. The van der Waals surface area contributed by atoms with Crippen LogP contribution in [0.3, 0.4) is 0 Å². The van der Waals surface area contributed by atoms with Gasteiger partial charge in [-0.1, -0.05) is 90.4 Å². The van der Waals surface area contributed by atoms with Crippen molar-refractivity contribution in [3.8, 4) is 17.2 Å². The number of ketones is 1. The Morgan fingerprint density at radius 1 is 0.691 bits per heavy atom. The van der Waals surface area contributed by atoms with Crippen LogP contribution in [0.15, 0.2) is 108 Å². The van der Waals surface area contributed by atoms with Gasteiger partial charge in [0.05, 0.1) is 9.64 Å². The van der Waals surface area contributed by atoms with E-state index in [1.807, 2.05) is 75.4 Å². The molecule has 0 saturated carbocycles. The minimum absolute atomic E-state index is 0.169. The largest absolute Gasteiger partial charge is 0.492 e. The number of Topliss-reactive ketones (excluding diaryl/α,β-unsaturated/α-hetero) is 1. The highest BCUT2D eigenvalue weighted by atomic mass is 32.2. The van der Waals surface area contributed by atoms with Gasteiger partial charge in [0.2, 0.25) is 0 Å². The molecule has 300 valence electrons. The van der Waals surface area contributed by atoms with Gasteiger partial charge in [-0.3, -0.25) is 9.69 Å². The number of ether oxygens (including phenoxy) is 2. The molecule has 1 heterocycles. The maximum Gasteiger partial charge on any atom is 0.183 e. The number of carbonyl (C=O) groups excluding carboxylic acids is 1. The van der Waals surface area contributed by atoms with Crippen LogP contribution in [-0.4, -0.2) is 56.6 Å². The average molecular weight is 771 g/mol. The molecule has 5 rings (SSSR count). The molecule has 0 aliphatic carbocycles. The molecular formula is C47H66N2O5S. The molecule has 8 heteroatoms. The summed E-state index contributed by atoms with van der Waals surface area (Å²) in [6, 6.07) is 32.2. The van der Waals surface area contributed by atoms with Gasteiger partial charge in [0.25, 0.3) is 0 Å². The Morgan fingerprint density at radius 3 is 1.80 bits per heavy atom. The van der Waals surface area contributed by atoms with E-state index < -0.39 is 14.6 Å². The summed E-state index contributed by atoms with van der Waals surface area (Å²) in [5.74, 6) is 2.35.